The third-order valence-electron chi connectivity index (χ3n) is 1.95. The number of halogens is 2. The van der Waals surface area contributed by atoms with Gasteiger partial charge in [-0.2, -0.15) is 0 Å². The molecule has 1 unspecified atom stereocenters. The van der Waals surface area contributed by atoms with Crippen LogP contribution in [0.2, 0.25) is 0 Å². The molecular weight excluding hydrogens is 252 g/mol. The molecule has 1 rings (SSSR count). The first-order chi connectivity index (χ1) is 8.43. The highest BCUT2D eigenvalue weighted by Gasteiger charge is 2.17. The van der Waals surface area contributed by atoms with Crippen molar-refractivity contribution in [3.05, 3.63) is 22.2 Å². The van der Waals surface area contributed by atoms with E-state index >= 15 is 0 Å². The van der Waals surface area contributed by atoms with E-state index in [2.05, 4.69) is 15.7 Å². The molecule has 1 aromatic heterocycles. The summed E-state index contributed by atoms with van der Waals surface area (Å²) in [6, 6.07) is 2.12. The van der Waals surface area contributed by atoms with Crippen LogP contribution in [-0.2, 0) is 0 Å². The van der Waals surface area contributed by atoms with E-state index in [0.29, 0.717) is 0 Å². The number of alkyl halides is 2. The van der Waals surface area contributed by atoms with E-state index in [9.17, 15) is 18.9 Å². The number of hydrogen-bond donors (Lipinski definition) is 4. The topological polar surface area (TPSA) is 126 Å². The van der Waals surface area contributed by atoms with Crippen molar-refractivity contribution in [1.29, 1.82) is 0 Å². The number of hydrazine groups is 1. The minimum absolute atomic E-state index is 0.00163. The molecule has 18 heavy (non-hydrogen) atoms. The molecule has 5 N–H and O–H groups in total. The third-order valence-corrected chi connectivity index (χ3v) is 1.95. The molecule has 1 heterocycles. The average Bonchev–Trinajstić information content (AvgIpc) is 2.35. The Kier molecular flexibility index (Phi) is 4.68. The molecular formula is C8H11F2N5O3. The van der Waals surface area contributed by atoms with Crippen LogP contribution in [0.5, 0.6) is 0 Å². The quantitative estimate of drug-likeness (QED) is 0.330. The molecule has 0 aliphatic heterocycles. The van der Waals surface area contributed by atoms with E-state index < -0.39 is 24.0 Å². The number of rotatable bonds is 6. The Morgan fingerprint density at radius 1 is 1.50 bits per heavy atom. The van der Waals surface area contributed by atoms with Gasteiger partial charge in [-0.25, -0.2) is 19.6 Å². The number of aromatic nitrogens is 1. The first-order valence-electron chi connectivity index (χ1n) is 4.77. The fraction of sp³-hybridized carbons (Fsp3) is 0.375. The number of aliphatic hydroxyl groups is 1. The molecule has 0 bridgehead atoms. The standard InChI is InChI=1S/C8H11F2N5O3/c9-8(10)5(16)3-12-6-1-4(15(17)18)2-7(13-6)14-11/h1-2,5,8,16H,3,11H2,(H2,12,13,14). The minimum atomic E-state index is -2.91. The zero-order valence-corrected chi connectivity index (χ0v) is 9.01. The fourth-order valence-electron chi connectivity index (χ4n) is 1.08. The molecule has 0 fully saturated rings. The Labute approximate surface area is 99.9 Å². The van der Waals surface area contributed by atoms with Crippen molar-refractivity contribution in [1.82, 2.24) is 4.98 Å². The zero-order chi connectivity index (χ0) is 13.7. The predicted octanol–water partition coefficient (Wildman–Crippen LogP) is 0.313. The number of nitrogen functional groups attached to an aromatic ring is 1. The van der Waals surface area contributed by atoms with Crippen LogP contribution in [0.25, 0.3) is 0 Å². The van der Waals surface area contributed by atoms with Crippen LogP contribution in [-0.4, -0.2) is 34.1 Å². The first kappa shape index (κ1) is 14.0. The van der Waals surface area contributed by atoms with Crippen LogP contribution in [0.15, 0.2) is 12.1 Å². The first-order valence-corrected chi connectivity index (χ1v) is 4.77. The van der Waals surface area contributed by atoms with Gasteiger partial charge in [0.2, 0.25) is 0 Å². The van der Waals surface area contributed by atoms with Crippen LogP contribution >= 0.6 is 0 Å². The Bertz CT molecular complexity index is 431. The summed E-state index contributed by atoms with van der Waals surface area (Å²) in [6.45, 7) is -0.490. The molecule has 10 heteroatoms. The van der Waals surface area contributed by atoms with E-state index in [4.69, 9.17) is 10.9 Å². The summed E-state index contributed by atoms with van der Waals surface area (Å²) in [5.74, 6) is 5.01. The third kappa shape index (κ3) is 3.75. The molecule has 0 amide bonds. The van der Waals surface area contributed by atoms with Gasteiger partial charge in [-0.05, 0) is 0 Å². The largest absolute Gasteiger partial charge is 0.385 e. The summed E-state index contributed by atoms with van der Waals surface area (Å²) in [5.41, 5.74) is 1.79. The van der Waals surface area contributed by atoms with E-state index in [1.54, 1.807) is 0 Å². The molecule has 1 aromatic rings. The summed E-state index contributed by atoms with van der Waals surface area (Å²) >= 11 is 0. The molecule has 8 nitrogen and oxygen atoms in total. The van der Waals surface area contributed by atoms with Gasteiger partial charge in [0, 0.05) is 6.54 Å². The molecule has 0 saturated heterocycles. The number of nitro groups is 1. The number of aliphatic hydroxyl groups excluding tert-OH is 1. The molecule has 0 radical (unpaired) electrons. The second kappa shape index (κ2) is 6.02. The van der Waals surface area contributed by atoms with Crippen molar-refractivity contribution < 1.29 is 18.8 Å². The highest BCUT2D eigenvalue weighted by molar-refractivity contribution is 5.54. The number of nitrogens with one attached hydrogen (secondary N) is 2. The average molecular weight is 263 g/mol. The smallest absolute Gasteiger partial charge is 0.276 e. The van der Waals surface area contributed by atoms with E-state index in [1.165, 1.54) is 0 Å². The minimum Gasteiger partial charge on any atom is -0.385 e. The highest BCUT2D eigenvalue weighted by Crippen LogP contribution is 2.20. The van der Waals surface area contributed by atoms with Gasteiger partial charge < -0.3 is 15.8 Å². The lowest BCUT2D eigenvalue weighted by molar-refractivity contribution is -0.384. The van der Waals surface area contributed by atoms with Crippen molar-refractivity contribution in [3.63, 3.8) is 0 Å². The van der Waals surface area contributed by atoms with Crippen molar-refractivity contribution in [2.45, 2.75) is 12.5 Å². The van der Waals surface area contributed by atoms with Crippen LogP contribution in [0.4, 0.5) is 26.1 Å². The van der Waals surface area contributed by atoms with Gasteiger partial charge in [0.1, 0.15) is 17.7 Å². The normalized spacial score (nSPS) is 12.3. The maximum Gasteiger partial charge on any atom is 0.276 e. The van der Waals surface area contributed by atoms with Gasteiger partial charge in [-0.15, -0.1) is 0 Å². The number of hydrogen-bond acceptors (Lipinski definition) is 7. The van der Waals surface area contributed by atoms with Gasteiger partial charge in [0.15, 0.2) is 0 Å². The Balaban J connectivity index is 2.81. The molecule has 100 valence electrons. The second-order valence-electron chi connectivity index (χ2n) is 3.28. The van der Waals surface area contributed by atoms with Crippen molar-refractivity contribution in [2.24, 2.45) is 5.84 Å². The van der Waals surface area contributed by atoms with Gasteiger partial charge in [-0.1, -0.05) is 0 Å². The van der Waals surface area contributed by atoms with Crippen molar-refractivity contribution in [2.75, 3.05) is 17.3 Å². The Morgan fingerprint density at radius 3 is 2.61 bits per heavy atom. The molecule has 0 aliphatic carbocycles. The Hall–Kier alpha value is -2.07. The van der Waals surface area contributed by atoms with Crippen LogP contribution in [0, 0.1) is 10.1 Å². The summed E-state index contributed by atoms with van der Waals surface area (Å²) in [5, 5.41) is 21.8. The molecule has 1 atom stereocenters. The predicted molar refractivity (Wildman–Crippen MR) is 59.2 cm³/mol. The lowest BCUT2D eigenvalue weighted by Gasteiger charge is -2.11. The van der Waals surface area contributed by atoms with Crippen LogP contribution in [0.3, 0.4) is 0 Å². The highest BCUT2D eigenvalue weighted by atomic mass is 19.3. The lowest BCUT2D eigenvalue weighted by atomic mass is 10.3. The van der Waals surface area contributed by atoms with Gasteiger partial charge in [0.25, 0.3) is 12.1 Å². The summed E-state index contributed by atoms with van der Waals surface area (Å²) in [4.78, 5) is 13.7. The summed E-state index contributed by atoms with van der Waals surface area (Å²) < 4.78 is 24.1. The van der Waals surface area contributed by atoms with Gasteiger partial charge >= 0.3 is 0 Å². The molecule has 0 spiro atoms. The fourth-order valence-corrected chi connectivity index (χ4v) is 1.08. The maximum atomic E-state index is 12.0. The molecule has 0 saturated carbocycles. The van der Waals surface area contributed by atoms with Crippen molar-refractivity contribution in [3.8, 4) is 0 Å². The van der Waals surface area contributed by atoms with Crippen LogP contribution < -0.4 is 16.6 Å². The number of pyridine rings is 1. The zero-order valence-electron chi connectivity index (χ0n) is 9.01. The number of anilines is 2. The monoisotopic (exact) mass is 263 g/mol. The summed E-state index contributed by atoms with van der Waals surface area (Å²) in [7, 11) is 0. The van der Waals surface area contributed by atoms with Crippen molar-refractivity contribution >= 4 is 17.3 Å². The SMILES string of the molecule is NNc1cc([N+](=O)[O-])cc(NCC(O)C(F)F)n1. The number of nitrogens with zero attached hydrogens (tertiary/aromatic N) is 2. The van der Waals surface area contributed by atoms with Crippen LogP contribution in [0.1, 0.15) is 0 Å². The maximum absolute atomic E-state index is 12.0. The number of nitrogens with two attached hydrogens (primary N) is 1. The van der Waals surface area contributed by atoms with E-state index in [-0.39, 0.29) is 17.3 Å². The second-order valence-corrected chi connectivity index (χ2v) is 3.28. The lowest BCUT2D eigenvalue weighted by Crippen LogP contribution is -2.27. The Morgan fingerprint density at radius 2 is 2.11 bits per heavy atom. The van der Waals surface area contributed by atoms with Gasteiger partial charge in [-0.3, -0.25) is 10.1 Å². The van der Waals surface area contributed by atoms with E-state index in [0.717, 1.165) is 12.1 Å². The summed E-state index contributed by atoms with van der Waals surface area (Å²) in [6.07, 6.45) is -4.80. The molecule has 0 aromatic carbocycles. The van der Waals surface area contributed by atoms with E-state index in [1.807, 2.05) is 0 Å². The molecule has 0 aliphatic rings. The van der Waals surface area contributed by atoms with Gasteiger partial charge in [0.05, 0.1) is 17.1 Å².